The molecule has 1 unspecified atom stereocenters. The van der Waals surface area contributed by atoms with Gasteiger partial charge < -0.3 is 5.73 Å². The fraction of sp³-hybridized carbons (Fsp3) is 0.471. The molecule has 0 aliphatic heterocycles. The van der Waals surface area contributed by atoms with Gasteiger partial charge >= 0.3 is 0 Å². The lowest BCUT2D eigenvalue weighted by atomic mass is 10.0. The first-order chi connectivity index (χ1) is 9.81. The van der Waals surface area contributed by atoms with Crippen LogP contribution in [0.2, 0.25) is 0 Å². The van der Waals surface area contributed by atoms with E-state index in [9.17, 15) is 0 Å². The highest BCUT2D eigenvalue weighted by Crippen LogP contribution is 2.18. The smallest absolute Gasteiger partial charge is 0.0645 e. The van der Waals surface area contributed by atoms with Crippen LogP contribution < -0.4 is 5.73 Å². The zero-order valence-corrected chi connectivity index (χ0v) is 12.3. The molecule has 3 heteroatoms. The van der Waals surface area contributed by atoms with Gasteiger partial charge in [0, 0.05) is 17.8 Å². The third-order valence-corrected chi connectivity index (χ3v) is 3.67. The fourth-order valence-electron chi connectivity index (χ4n) is 2.38. The maximum absolute atomic E-state index is 6.25. The Morgan fingerprint density at radius 2 is 1.85 bits per heavy atom. The monoisotopic (exact) mass is 271 g/mol. The summed E-state index contributed by atoms with van der Waals surface area (Å²) in [6, 6.07) is 10.2. The van der Waals surface area contributed by atoms with Crippen molar-refractivity contribution in [2.75, 3.05) is 0 Å². The van der Waals surface area contributed by atoms with Gasteiger partial charge in [-0.15, -0.1) is 0 Å². The summed E-state index contributed by atoms with van der Waals surface area (Å²) in [6.07, 6.45) is 11.4. The van der Waals surface area contributed by atoms with Crippen molar-refractivity contribution in [2.45, 2.75) is 51.5 Å². The van der Waals surface area contributed by atoms with Crippen LogP contribution in [0.4, 0.5) is 0 Å². The van der Waals surface area contributed by atoms with Crippen molar-refractivity contribution in [2.24, 2.45) is 5.73 Å². The lowest BCUT2D eigenvalue weighted by Crippen LogP contribution is -2.09. The predicted octanol–water partition coefficient (Wildman–Crippen LogP) is 4.23. The number of unbranched alkanes of at least 4 members (excludes halogenated alkanes) is 4. The Kier molecular flexibility index (Phi) is 5.81. The molecule has 3 nitrogen and oxygen atoms in total. The Hall–Kier alpha value is -1.61. The molecule has 2 aromatic rings. The Morgan fingerprint density at radius 1 is 1.10 bits per heavy atom. The van der Waals surface area contributed by atoms with Gasteiger partial charge in [0.15, 0.2) is 0 Å². The van der Waals surface area contributed by atoms with Crippen molar-refractivity contribution in [1.29, 1.82) is 0 Å². The second-order valence-electron chi connectivity index (χ2n) is 5.36. The minimum Gasteiger partial charge on any atom is -0.324 e. The van der Waals surface area contributed by atoms with Crippen LogP contribution in [0.25, 0.3) is 5.69 Å². The van der Waals surface area contributed by atoms with Gasteiger partial charge in [0.25, 0.3) is 0 Å². The van der Waals surface area contributed by atoms with Gasteiger partial charge in [0.05, 0.1) is 11.9 Å². The summed E-state index contributed by atoms with van der Waals surface area (Å²) in [7, 11) is 0. The van der Waals surface area contributed by atoms with Crippen LogP contribution in [0.5, 0.6) is 0 Å². The van der Waals surface area contributed by atoms with E-state index in [4.69, 9.17) is 5.73 Å². The summed E-state index contributed by atoms with van der Waals surface area (Å²) >= 11 is 0. The number of nitrogens with two attached hydrogens (primary N) is 1. The summed E-state index contributed by atoms with van der Waals surface area (Å²) in [5.74, 6) is 0. The number of hydrogen-bond donors (Lipinski definition) is 1. The molecule has 2 N–H and O–H groups in total. The minimum absolute atomic E-state index is 0.106. The normalized spacial score (nSPS) is 12.5. The zero-order valence-electron chi connectivity index (χ0n) is 12.3. The summed E-state index contributed by atoms with van der Waals surface area (Å²) in [4.78, 5) is 0. The molecule has 0 aliphatic rings. The van der Waals surface area contributed by atoms with Crippen molar-refractivity contribution >= 4 is 0 Å². The molecule has 0 radical (unpaired) electrons. The molecule has 1 aromatic carbocycles. The number of hydrogen-bond acceptors (Lipinski definition) is 2. The maximum Gasteiger partial charge on any atom is 0.0645 e. The van der Waals surface area contributed by atoms with E-state index in [1.54, 1.807) is 0 Å². The molecule has 20 heavy (non-hydrogen) atoms. The molecule has 2 rings (SSSR count). The number of para-hydroxylation sites is 1. The predicted molar refractivity (Wildman–Crippen MR) is 83.9 cm³/mol. The quantitative estimate of drug-likeness (QED) is 0.730. The van der Waals surface area contributed by atoms with E-state index in [1.807, 2.05) is 47.4 Å². The van der Waals surface area contributed by atoms with Gasteiger partial charge in [-0.3, -0.25) is 0 Å². The van der Waals surface area contributed by atoms with Crippen molar-refractivity contribution in [1.82, 2.24) is 9.78 Å². The molecule has 0 spiro atoms. The highest BCUT2D eigenvalue weighted by Gasteiger charge is 2.09. The van der Waals surface area contributed by atoms with E-state index in [0.717, 1.165) is 17.7 Å². The van der Waals surface area contributed by atoms with Crippen LogP contribution >= 0.6 is 0 Å². The van der Waals surface area contributed by atoms with Gasteiger partial charge in [-0.05, 0) is 18.6 Å². The van der Waals surface area contributed by atoms with Crippen LogP contribution in [-0.2, 0) is 0 Å². The van der Waals surface area contributed by atoms with E-state index in [2.05, 4.69) is 12.0 Å². The Bertz CT molecular complexity index is 490. The first-order valence-corrected chi connectivity index (χ1v) is 7.67. The minimum atomic E-state index is 0.106. The molecular weight excluding hydrogens is 246 g/mol. The number of nitrogens with zero attached hydrogens (tertiary/aromatic N) is 2. The van der Waals surface area contributed by atoms with E-state index in [1.165, 1.54) is 32.1 Å². The topological polar surface area (TPSA) is 43.8 Å². The van der Waals surface area contributed by atoms with E-state index in [0.29, 0.717) is 0 Å². The lowest BCUT2D eigenvalue weighted by Gasteiger charge is -2.08. The van der Waals surface area contributed by atoms with Crippen LogP contribution in [0.15, 0.2) is 42.7 Å². The van der Waals surface area contributed by atoms with Gasteiger partial charge in [-0.1, -0.05) is 57.2 Å². The average molecular weight is 271 g/mol. The molecule has 1 heterocycles. The van der Waals surface area contributed by atoms with Crippen LogP contribution in [0.3, 0.4) is 0 Å². The van der Waals surface area contributed by atoms with Crippen molar-refractivity contribution < 1.29 is 0 Å². The first-order valence-electron chi connectivity index (χ1n) is 7.67. The lowest BCUT2D eigenvalue weighted by molar-refractivity contribution is 0.555. The molecule has 1 aromatic heterocycles. The molecule has 1 atom stereocenters. The number of aromatic nitrogens is 2. The molecule has 108 valence electrons. The Morgan fingerprint density at radius 3 is 2.60 bits per heavy atom. The fourth-order valence-corrected chi connectivity index (χ4v) is 2.38. The SMILES string of the molecule is CCCCCCCC(N)c1cnn(-c2ccccc2)c1. The van der Waals surface area contributed by atoms with E-state index in [-0.39, 0.29) is 6.04 Å². The molecule has 0 saturated heterocycles. The van der Waals surface area contributed by atoms with Crippen molar-refractivity contribution in [3.05, 3.63) is 48.3 Å². The molecule has 0 fully saturated rings. The number of benzene rings is 1. The summed E-state index contributed by atoms with van der Waals surface area (Å²) in [5.41, 5.74) is 8.45. The molecule has 0 aliphatic carbocycles. The largest absolute Gasteiger partial charge is 0.324 e. The molecule has 0 saturated carbocycles. The second kappa shape index (κ2) is 7.85. The van der Waals surface area contributed by atoms with Crippen molar-refractivity contribution in [3.8, 4) is 5.69 Å². The Balaban J connectivity index is 1.85. The second-order valence-corrected chi connectivity index (χ2v) is 5.36. The van der Waals surface area contributed by atoms with Gasteiger partial charge in [-0.25, -0.2) is 4.68 Å². The molecule has 0 bridgehead atoms. The maximum atomic E-state index is 6.25. The van der Waals surface area contributed by atoms with Crippen LogP contribution in [-0.4, -0.2) is 9.78 Å². The summed E-state index contributed by atoms with van der Waals surface area (Å²) < 4.78 is 1.90. The highest BCUT2D eigenvalue weighted by molar-refractivity contribution is 5.31. The van der Waals surface area contributed by atoms with Gasteiger partial charge in [-0.2, -0.15) is 5.10 Å². The van der Waals surface area contributed by atoms with E-state index >= 15 is 0 Å². The number of rotatable bonds is 8. The average Bonchev–Trinajstić information content (AvgIpc) is 2.98. The van der Waals surface area contributed by atoms with Crippen molar-refractivity contribution in [3.63, 3.8) is 0 Å². The molecular formula is C17H25N3. The van der Waals surface area contributed by atoms with Gasteiger partial charge in [0.2, 0.25) is 0 Å². The third-order valence-electron chi connectivity index (χ3n) is 3.67. The van der Waals surface area contributed by atoms with E-state index < -0.39 is 0 Å². The van der Waals surface area contributed by atoms with Gasteiger partial charge in [0.1, 0.15) is 0 Å². The summed E-state index contributed by atoms with van der Waals surface area (Å²) in [5, 5.41) is 4.40. The van der Waals surface area contributed by atoms with Crippen LogP contribution in [0, 0.1) is 0 Å². The molecule has 0 amide bonds. The Labute approximate surface area is 121 Å². The zero-order chi connectivity index (χ0) is 14.2. The summed E-state index contributed by atoms with van der Waals surface area (Å²) in [6.45, 7) is 2.24. The standard InChI is InChI=1S/C17H25N3/c1-2-3-4-5-9-12-17(18)15-13-19-20(14-15)16-10-7-6-8-11-16/h6-8,10-11,13-14,17H,2-5,9,12,18H2,1H3. The highest BCUT2D eigenvalue weighted by atomic mass is 15.3. The third kappa shape index (κ3) is 4.20. The van der Waals surface area contributed by atoms with Crippen LogP contribution in [0.1, 0.15) is 57.1 Å². The first kappa shape index (κ1) is 14.8.